The molecule has 1 unspecified atom stereocenters. The highest BCUT2D eigenvalue weighted by Gasteiger charge is 2.10. The van der Waals surface area contributed by atoms with Crippen molar-refractivity contribution in [3.05, 3.63) is 52.5 Å². The van der Waals surface area contributed by atoms with Crippen LogP contribution in [0.2, 0.25) is 10.0 Å². The van der Waals surface area contributed by atoms with E-state index in [1.807, 2.05) is 0 Å². The Morgan fingerprint density at radius 2 is 1.86 bits per heavy atom. The predicted molar refractivity (Wildman–Crippen MR) is 89.6 cm³/mol. The molecule has 22 heavy (non-hydrogen) atoms. The van der Waals surface area contributed by atoms with Crippen LogP contribution in [0.25, 0.3) is 0 Å². The first-order valence-electron chi connectivity index (χ1n) is 6.49. The van der Waals surface area contributed by atoms with Gasteiger partial charge in [0.2, 0.25) is 0 Å². The van der Waals surface area contributed by atoms with Crippen LogP contribution in [0, 0.1) is 0 Å². The van der Waals surface area contributed by atoms with Gasteiger partial charge in [0, 0.05) is 10.7 Å². The molecule has 0 fully saturated rings. The van der Waals surface area contributed by atoms with E-state index in [1.54, 1.807) is 49.4 Å². The molecule has 0 aliphatic heterocycles. The van der Waals surface area contributed by atoms with Gasteiger partial charge in [0.05, 0.1) is 10.7 Å². The third-order valence-corrected chi connectivity index (χ3v) is 3.27. The number of carbonyl (C=O) groups excluding carboxylic acids is 1. The van der Waals surface area contributed by atoms with Crippen LogP contribution in [-0.2, 0) is 0 Å². The first kappa shape index (κ1) is 16.3. The number of rotatable bonds is 4. The van der Waals surface area contributed by atoms with E-state index in [9.17, 15) is 4.79 Å². The number of carbonyl (C=O) groups is 1. The summed E-state index contributed by atoms with van der Waals surface area (Å²) in [6, 6.07) is 11.2. The maximum atomic E-state index is 11.9. The highest BCUT2D eigenvalue weighted by atomic mass is 35.5. The van der Waals surface area contributed by atoms with Gasteiger partial charge in [0.1, 0.15) is 5.75 Å². The maximum Gasteiger partial charge on any atom is 0.322 e. The van der Waals surface area contributed by atoms with Crippen LogP contribution in [0.5, 0.6) is 5.75 Å². The van der Waals surface area contributed by atoms with Gasteiger partial charge >= 0.3 is 6.03 Å². The Kier molecular flexibility index (Phi) is 5.35. The monoisotopic (exact) mass is 339 g/mol. The lowest BCUT2D eigenvalue weighted by molar-refractivity contribution is 0.183. The molecular weight excluding hydrogens is 325 g/mol. The quantitative estimate of drug-likeness (QED) is 0.579. The van der Waals surface area contributed by atoms with Gasteiger partial charge in [-0.3, -0.25) is 0 Å². The Morgan fingerprint density at radius 1 is 1.18 bits per heavy atom. The lowest BCUT2D eigenvalue weighted by Gasteiger charge is -2.17. The predicted octanol–water partition coefficient (Wildman–Crippen LogP) is 4.12. The fourth-order valence-electron chi connectivity index (χ4n) is 1.72. The number of urea groups is 1. The van der Waals surface area contributed by atoms with Crippen molar-refractivity contribution in [2.45, 2.75) is 13.2 Å². The zero-order valence-corrected chi connectivity index (χ0v) is 13.3. The molecule has 0 spiro atoms. The van der Waals surface area contributed by atoms with Crippen LogP contribution in [0.3, 0.4) is 0 Å². The summed E-state index contributed by atoms with van der Waals surface area (Å²) in [6.07, 6.45) is -0.534. The molecule has 2 aromatic rings. The maximum absolute atomic E-state index is 11.9. The van der Waals surface area contributed by atoms with E-state index < -0.39 is 12.3 Å². The third kappa shape index (κ3) is 4.72. The molecule has 0 aromatic heterocycles. The lowest BCUT2D eigenvalue weighted by atomic mass is 10.3. The molecule has 116 valence electrons. The Hall–Kier alpha value is -2.11. The van der Waals surface area contributed by atoms with E-state index in [4.69, 9.17) is 33.7 Å². The first-order valence-corrected chi connectivity index (χ1v) is 7.24. The number of hydrogen-bond donors (Lipinski definition) is 3. The molecule has 0 aliphatic carbocycles. The third-order valence-electron chi connectivity index (χ3n) is 2.70. The van der Waals surface area contributed by atoms with Crippen LogP contribution in [0.1, 0.15) is 6.92 Å². The fourth-order valence-corrected chi connectivity index (χ4v) is 2.08. The highest BCUT2D eigenvalue weighted by Crippen LogP contribution is 2.24. The molecule has 0 bridgehead atoms. The van der Waals surface area contributed by atoms with Gasteiger partial charge in [0.15, 0.2) is 6.23 Å². The molecule has 0 saturated carbocycles. The molecule has 0 saturated heterocycles. The average molecular weight is 340 g/mol. The smallest absolute Gasteiger partial charge is 0.322 e. The molecule has 2 amide bonds. The average Bonchev–Trinajstić information content (AvgIpc) is 2.44. The number of anilines is 2. The molecule has 1 atom stereocenters. The van der Waals surface area contributed by atoms with Crippen molar-refractivity contribution in [2.24, 2.45) is 0 Å². The summed E-state index contributed by atoms with van der Waals surface area (Å²) in [5, 5.41) is 6.24. The summed E-state index contributed by atoms with van der Waals surface area (Å²) in [4.78, 5) is 11.9. The second kappa shape index (κ2) is 7.24. The van der Waals surface area contributed by atoms with Crippen molar-refractivity contribution in [1.29, 1.82) is 0 Å². The number of hydrogen-bond acceptors (Lipinski definition) is 3. The molecule has 0 aliphatic rings. The van der Waals surface area contributed by atoms with Crippen LogP contribution >= 0.6 is 23.2 Å². The Balaban J connectivity index is 1.89. The minimum absolute atomic E-state index is 0.362. The van der Waals surface area contributed by atoms with Gasteiger partial charge in [-0.05, 0) is 49.4 Å². The van der Waals surface area contributed by atoms with Crippen molar-refractivity contribution in [2.75, 3.05) is 11.1 Å². The van der Waals surface area contributed by atoms with Crippen molar-refractivity contribution in [3.8, 4) is 5.75 Å². The molecule has 4 N–H and O–H groups in total. The number of nitrogen functional groups attached to an aromatic ring is 1. The lowest BCUT2D eigenvalue weighted by Crippen LogP contribution is -2.39. The van der Waals surface area contributed by atoms with Crippen molar-refractivity contribution in [3.63, 3.8) is 0 Å². The van der Waals surface area contributed by atoms with Gasteiger partial charge in [-0.15, -0.1) is 0 Å². The number of nitrogens with one attached hydrogen (secondary N) is 2. The van der Waals surface area contributed by atoms with Crippen LogP contribution in [0.4, 0.5) is 16.2 Å². The van der Waals surface area contributed by atoms with Gasteiger partial charge in [-0.1, -0.05) is 23.2 Å². The summed E-state index contributed by atoms with van der Waals surface area (Å²) in [6.45, 7) is 1.71. The minimum atomic E-state index is -0.534. The van der Waals surface area contributed by atoms with Gasteiger partial charge < -0.3 is 21.1 Å². The highest BCUT2D eigenvalue weighted by molar-refractivity contribution is 6.34. The van der Waals surface area contributed by atoms with Gasteiger partial charge in [-0.2, -0.15) is 0 Å². The van der Waals surface area contributed by atoms with Crippen LogP contribution < -0.4 is 21.1 Å². The summed E-state index contributed by atoms with van der Waals surface area (Å²) in [5.74, 6) is 0.600. The van der Waals surface area contributed by atoms with E-state index in [-0.39, 0.29) is 0 Å². The Labute approximate surface area is 138 Å². The summed E-state index contributed by atoms with van der Waals surface area (Å²) < 4.78 is 5.54. The summed E-state index contributed by atoms with van der Waals surface area (Å²) >= 11 is 11.8. The summed E-state index contributed by atoms with van der Waals surface area (Å²) in [5.41, 5.74) is 6.58. The second-order valence-corrected chi connectivity index (χ2v) is 5.40. The van der Waals surface area contributed by atoms with Gasteiger partial charge in [-0.25, -0.2) is 4.79 Å². The topological polar surface area (TPSA) is 76.4 Å². The first-order chi connectivity index (χ1) is 10.4. The van der Waals surface area contributed by atoms with E-state index in [2.05, 4.69) is 10.6 Å². The molecule has 5 nitrogen and oxygen atoms in total. The van der Waals surface area contributed by atoms with Crippen molar-refractivity contribution in [1.82, 2.24) is 5.32 Å². The molecule has 2 aromatic carbocycles. The molecular formula is C15H15Cl2N3O2. The molecule has 0 radical (unpaired) electrons. The molecule has 7 heteroatoms. The Bertz CT molecular complexity index is 662. The largest absolute Gasteiger partial charge is 0.471 e. The van der Waals surface area contributed by atoms with E-state index >= 15 is 0 Å². The number of benzene rings is 2. The zero-order valence-electron chi connectivity index (χ0n) is 11.8. The van der Waals surface area contributed by atoms with Crippen molar-refractivity contribution < 1.29 is 9.53 Å². The fraction of sp³-hybridized carbons (Fsp3) is 0.133. The van der Waals surface area contributed by atoms with Gasteiger partial charge in [0.25, 0.3) is 0 Å². The molecule has 2 rings (SSSR count). The van der Waals surface area contributed by atoms with E-state index in [0.29, 0.717) is 27.2 Å². The standard InChI is InChI=1S/C15H15Cl2N3O2/c1-9(22-12-5-2-10(16)3-6-12)19-15(21)20-14-7-4-11(18)8-13(14)17/h2-9H,18H2,1H3,(H2,19,20,21). The van der Waals surface area contributed by atoms with Crippen LogP contribution in [-0.4, -0.2) is 12.3 Å². The zero-order chi connectivity index (χ0) is 16.1. The van der Waals surface area contributed by atoms with Crippen molar-refractivity contribution >= 4 is 40.6 Å². The number of ether oxygens (including phenoxy) is 1. The van der Waals surface area contributed by atoms with Crippen LogP contribution in [0.15, 0.2) is 42.5 Å². The SMILES string of the molecule is CC(NC(=O)Nc1ccc(N)cc1Cl)Oc1ccc(Cl)cc1. The molecule has 0 heterocycles. The normalized spacial score (nSPS) is 11.6. The number of halogens is 2. The summed E-state index contributed by atoms with van der Waals surface area (Å²) in [7, 11) is 0. The second-order valence-electron chi connectivity index (χ2n) is 4.55. The van der Waals surface area contributed by atoms with E-state index in [1.165, 1.54) is 0 Å². The van der Waals surface area contributed by atoms with E-state index in [0.717, 1.165) is 0 Å². The number of amides is 2. The minimum Gasteiger partial charge on any atom is -0.471 e. The number of nitrogens with two attached hydrogens (primary N) is 1. The Morgan fingerprint density at radius 3 is 2.50 bits per heavy atom.